The standard InChI is InChI=1S/C24H25N3O4/c1-3-13(2)27-21(29)19-18(12-14-8-10-15(28)11-9-14)26-24(20(19)22(27)30)16-6-4-5-7-17(16)25-23(24)31/h4-11,13,18-20,26,28H,3,12H2,1-2H3,(H,25,31)/t13-,18-,19+,20-,24+/m0/s1. The lowest BCUT2D eigenvalue weighted by Crippen LogP contribution is -2.54. The number of likely N-dealkylation sites (tertiary alicyclic amines) is 1. The molecule has 5 rings (SSSR count). The molecule has 7 heteroatoms. The molecule has 2 aromatic carbocycles. The number of phenols is 1. The van der Waals surface area contributed by atoms with Gasteiger partial charge in [-0.05, 0) is 43.5 Å². The number of fused-ring (bicyclic) bond motifs is 4. The van der Waals surface area contributed by atoms with Crippen molar-refractivity contribution >= 4 is 23.4 Å². The number of rotatable bonds is 4. The van der Waals surface area contributed by atoms with Crippen molar-refractivity contribution < 1.29 is 19.5 Å². The fraction of sp³-hybridized carbons (Fsp3) is 0.375. The van der Waals surface area contributed by atoms with Gasteiger partial charge < -0.3 is 10.4 Å². The SMILES string of the molecule is CC[C@H](C)N1C(=O)[C@@H]2[C@H](Cc3ccc(O)cc3)N[C@@]3(C(=O)Nc4ccccc43)[C@@H]2C1=O. The van der Waals surface area contributed by atoms with E-state index in [1.54, 1.807) is 24.3 Å². The summed E-state index contributed by atoms with van der Waals surface area (Å²) in [6.07, 6.45) is 1.12. The first-order chi connectivity index (χ1) is 14.9. The summed E-state index contributed by atoms with van der Waals surface area (Å²) in [6, 6.07) is 13.5. The van der Waals surface area contributed by atoms with E-state index >= 15 is 0 Å². The van der Waals surface area contributed by atoms with Crippen LogP contribution < -0.4 is 10.6 Å². The first-order valence-corrected chi connectivity index (χ1v) is 10.7. The minimum atomic E-state index is -1.27. The molecule has 0 bridgehead atoms. The highest BCUT2D eigenvalue weighted by atomic mass is 16.3. The zero-order valence-electron chi connectivity index (χ0n) is 17.5. The summed E-state index contributed by atoms with van der Waals surface area (Å²) in [5.74, 6) is -2.04. The minimum Gasteiger partial charge on any atom is -0.508 e. The number of amides is 3. The highest BCUT2D eigenvalue weighted by Gasteiger charge is 2.70. The molecule has 3 N–H and O–H groups in total. The van der Waals surface area contributed by atoms with Crippen molar-refractivity contribution in [2.75, 3.05) is 5.32 Å². The van der Waals surface area contributed by atoms with Crippen LogP contribution in [0.3, 0.4) is 0 Å². The van der Waals surface area contributed by atoms with Crippen LogP contribution in [0.15, 0.2) is 48.5 Å². The molecular weight excluding hydrogens is 394 g/mol. The van der Waals surface area contributed by atoms with Gasteiger partial charge in [0.1, 0.15) is 11.3 Å². The van der Waals surface area contributed by atoms with Crippen LogP contribution >= 0.6 is 0 Å². The van der Waals surface area contributed by atoms with E-state index in [2.05, 4.69) is 10.6 Å². The molecule has 0 aliphatic carbocycles. The Kier molecular flexibility index (Phi) is 4.41. The predicted octanol–water partition coefficient (Wildman–Crippen LogP) is 2.15. The number of phenolic OH excluding ortho intramolecular Hbond substituents is 1. The van der Waals surface area contributed by atoms with Crippen molar-refractivity contribution in [3.8, 4) is 5.75 Å². The summed E-state index contributed by atoms with van der Waals surface area (Å²) in [5, 5.41) is 15.9. The van der Waals surface area contributed by atoms with Gasteiger partial charge in [-0.1, -0.05) is 37.3 Å². The Morgan fingerprint density at radius 1 is 1.06 bits per heavy atom. The number of anilines is 1. The molecule has 3 aliphatic heterocycles. The van der Waals surface area contributed by atoms with Crippen molar-refractivity contribution in [1.82, 2.24) is 10.2 Å². The highest BCUT2D eigenvalue weighted by Crippen LogP contribution is 2.53. The lowest BCUT2D eigenvalue weighted by Gasteiger charge is -2.31. The number of carbonyl (C=O) groups is 3. The second kappa shape index (κ2) is 6.92. The zero-order valence-corrected chi connectivity index (χ0v) is 17.5. The van der Waals surface area contributed by atoms with Crippen molar-refractivity contribution in [1.29, 1.82) is 0 Å². The van der Waals surface area contributed by atoms with Gasteiger partial charge in [-0.15, -0.1) is 0 Å². The van der Waals surface area contributed by atoms with E-state index in [4.69, 9.17) is 0 Å². The van der Waals surface area contributed by atoms with Gasteiger partial charge in [0.25, 0.3) is 0 Å². The molecule has 0 radical (unpaired) electrons. The van der Waals surface area contributed by atoms with Gasteiger partial charge in [-0.3, -0.25) is 24.6 Å². The molecule has 5 atom stereocenters. The number of carbonyl (C=O) groups excluding carboxylic acids is 3. The summed E-state index contributed by atoms with van der Waals surface area (Å²) in [6.45, 7) is 3.81. The van der Waals surface area contributed by atoms with Gasteiger partial charge in [-0.25, -0.2) is 0 Å². The summed E-state index contributed by atoms with van der Waals surface area (Å²) in [4.78, 5) is 41.8. The van der Waals surface area contributed by atoms with Crippen LogP contribution in [0.2, 0.25) is 0 Å². The van der Waals surface area contributed by atoms with Crippen molar-refractivity contribution in [3.05, 3.63) is 59.7 Å². The third-order valence-corrected chi connectivity index (χ3v) is 7.08. The Morgan fingerprint density at radius 2 is 1.77 bits per heavy atom. The Hall–Kier alpha value is -3.19. The number of imide groups is 1. The molecule has 1 spiro atoms. The Balaban J connectivity index is 1.62. The molecule has 2 fully saturated rings. The number of nitrogens with one attached hydrogen (secondary N) is 2. The Labute approximate surface area is 180 Å². The molecule has 0 unspecified atom stereocenters. The number of nitrogens with zero attached hydrogens (tertiary/aromatic N) is 1. The Bertz CT molecular complexity index is 1080. The van der Waals surface area contributed by atoms with E-state index in [1.807, 2.05) is 38.1 Å². The number of benzene rings is 2. The van der Waals surface area contributed by atoms with E-state index in [1.165, 1.54) is 4.90 Å². The molecule has 7 nitrogen and oxygen atoms in total. The van der Waals surface area contributed by atoms with Crippen molar-refractivity contribution in [2.45, 2.75) is 44.3 Å². The average Bonchev–Trinajstić information content (AvgIpc) is 3.34. The first kappa shape index (κ1) is 19.8. The quantitative estimate of drug-likeness (QED) is 0.660. The molecule has 3 heterocycles. The predicted molar refractivity (Wildman–Crippen MR) is 114 cm³/mol. The first-order valence-electron chi connectivity index (χ1n) is 10.7. The Morgan fingerprint density at radius 3 is 2.48 bits per heavy atom. The molecule has 160 valence electrons. The monoisotopic (exact) mass is 419 g/mol. The zero-order chi connectivity index (χ0) is 21.9. The van der Waals surface area contributed by atoms with Crippen LogP contribution in [0, 0.1) is 11.8 Å². The van der Waals surface area contributed by atoms with Crippen LogP contribution in [0.5, 0.6) is 5.75 Å². The number of hydrogen-bond acceptors (Lipinski definition) is 5. The van der Waals surface area contributed by atoms with Gasteiger partial charge in [0, 0.05) is 23.3 Å². The molecule has 31 heavy (non-hydrogen) atoms. The summed E-state index contributed by atoms with van der Waals surface area (Å²) in [7, 11) is 0. The third kappa shape index (κ3) is 2.66. The van der Waals surface area contributed by atoms with E-state index in [-0.39, 0.29) is 29.5 Å². The maximum absolute atomic E-state index is 13.6. The van der Waals surface area contributed by atoms with Gasteiger partial charge >= 0.3 is 0 Å². The average molecular weight is 419 g/mol. The number of para-hydroxylation sites is 1. The largest absolute Gasteiger partial charge is 0.508 e. The summed E-state index contributed by atoms with van der Waals surface area (Å²) < 4.78 is 0. The van der Waals surface area contributed by atoms with E-state index < -0.39 is 23.4 Å². The van der Waals surface area contributed by atoms with E-state index in [9.17, 15) is 19.5 Å². The van der Waals surface area contributed by atoms with Crippen LogP contribution in [0.4, 0.5) is 5.69 Å². The van der Waals surface area contributed by atoms with Crippen LogP contribution in [0.25, 0.3) is 0 Å². The van der Waals surface area contributed by atoms with Crippen LogP contribution in [-0.2, 0) is 26.3 Å². The van der Waals surface area contributed by atoms with Gasteiger partial charge in [0.15, 0.2) is 0 Å². The lowest BCUT2D eigenvalue weighted by atomic mass is 9.76. The molecule has 0 saturated carbocycles. The number of hydrogen-bond donors (Lipinski definition) is 3. The molecule has 2 aromatic rings. The smallest absolute Gasteiger partial charge is 0.250 e. The van der Waals surface area contributed by atoms with E-state index in [0.717, 1.165) is 11.1 Å². The summed E-state index contributed by atoms with van der Waals surface area (Å²) in [5.41, 5.74) is 1.04. The highest BCUT2D eigenvalue weighted by molar-refractivity contribution is 6.15. The second-order valence-corrected chi connectivity index (χ2v) is 8.74. The summed E-state index contributed by atoms with van der Waals surface area (Å²) >= 11 is 0. The minimum absolute atomic E-state index is 0.164. The molecule has 3 amide bonds. The van der Waals surface area contributed by atoms with E-state index in [0.29, 0.717) is 18.5 Å². The maximum atomic E-state index is 13.6. The molecule has 2 saturated heterocycles. The fourth-order valence-corrected chi connectivity index (χ4v) is 5.46. The van der Waals surface area contributed by atoms with Gasteiger partial charge in [-0.2, -0.15) is 0 Å². The second-order valence-electron chi connectivity index (χ2n) is 8.74. The molecule has 3 aliphatic rings. The molecular formula is C24H25N3O4. The van der Waals surface area contributed by atoms with Crippen LogP contribution in [0.1, 0.15) is 31.4 Å². The fourth-order valence-electron chi connectivity index (χ4n) is 5.46. The third-order valence-electron chi connectivity index (χ3n) is 7.08. The van der Waals surface area contributed by atoms with Gasteiger partial charge in [0.05, 0.1) is 11.8 Å². The topological polar surface area (TPSA) is 98.7 Å². The van der Waals surface area contributed by atoms with Crippen molar-refractivity contribution in [2.24, 2.45) is 11.8 Å². The van der Waals surface area contributed by atoms with Crippen molar-refractivity contribution in [3.63, 3.8) is 0 Å². The maximum Gasteiger partial charge on any atom is 0.250 e. The number of aromatic hydroxyl groups is 1. The van der Waals surface area contributed by atoms with Gasteiger partial charge in [0.2, 0.25) is 17.7 Å². The normalized spacial score (nSPS) is 29.9. The molecule has 0 aromatic heterocycles. The van der Waals surface area contributed by atoms with Crippen LogP contribution in [-0.4, -0.2) is 39.8 Å². The lowest BCUT2D eigenvalue weighted by molar-refractivity contribution is -0.145.